The molecule has 0 aliphatic heterocycles. The number of hydrogen-bond donors (Lipinski definition) is 0. The Hall–Kier alpha value is -1.06. The van der Waals surface area contributed by atoms with Crippen LogP contribution in [0.5, 0.6) is 0 Å². The first kappa shape index (κ1) is 10.0. The van der Waals surface area contributed by atoms with Crippen molar-refractivity contribution in [1.82, 2.24) is 9.97 Å². The van der Waals surface area contributed by atoms with Crippen LogP contribution in [0, 0.1) is 0 Å². The summed E-state index contributed by atoms with van der Waals surface area (Å²) >= 11 is 0. The van der Waals surface area contributed by atoms with Crippen LogP contribution in [0.4, 0.5) is 8.78 Å². The van der Waals surface area contributed by atoms with Gasteiger partial charge in [-0.15, -0.1) is 0 Å². The zero-order valence-corrected chi connectivity index (χ0v) is 7.67. The third-order valence-corrected chi connectivity index (χ3v) is 1.71. The molecule has 2 nitrogen and oxygen atoms in total. The molecule has 0 radical (unpaired) electrons. The van der Waals surface area contributed by atoms with Crippen molar-refractivity contribution in [3.05, 3.63) is 23.8 Å². The van der Waals surface area contributed by atoms with E-state index in [0.717, 1.165) is 0 Å². The third-order valence-electron chi connectivity index (χ3n) is 1.71. The molecular weight excluding hydrogens is 174 g/mol. The van der Waals surface area contributed by atoms with Gasteiger partial charge in [0.25, 0.3) is 0 Å². The molecule has 0 saturated heterocycles. The van der Waals surface area contributed by atoms with E-state index < -0.39 is 12.8 Å². The quantitative estimate of drug-likeness (QED) is 0.725. The second-order valence-electron chi connectivity index (χ2n) is 3.15. The second kappa shape index (κ2) is 4.25. The average Bonchev–Trinajstić information content (AvgIpc) is 2.17. The minimum atomic E-state index is -1.60. The normalized spacial score (nSPS) is 13.3. The highest BCUT2D eigenvalue weighted by molar-refractivity contribution is 5.09. The van der Waals surface area contributed by atoms with E-state index in [1.807, 2.05) is 13.8 Å². The van der Waals surface area contributed by atoms with Gasteiger partial charge in [0.15, 0.2) is 6.17 Å². The van der Waals surface area contributed by atoms with E-state index in [-0.39, 0.29) is 11.5 Å². The number of halogens is 2. The van der Waals surface area contributed by atoms with Gasteiger partial charge in [-0.2, -0.15) is 0 Å². The predicted octanol–water partition coefficient (Wildman–Crippen LogP) is 2.58. The van der Waals surface area contributed by atoms with Crippen LogP contribution in [0.15, 0.2) is 12.4 Å². The Balaban J connectivity index is 2.81. The molecule has 0 aromatic carbocycles. The van der Waals surface area contributed by atoms with E-state index in [1.54, 1.807) is 0 Å². The molecule has 1 rings (SSSR count). The van der Waals surface area contributed by atoms with E-state index >= 15 is 0 Å². The zero-order valence-electron chi connectivity index (χ0n) is 7.67. The van der Waals surface area contributed by atoms with Gasteiger partial charge in [-0.1, -0.05) is 13.8 Å². The van der Waals surface area contributed by atoms with Crippen molar-refractivity contribution < 1.29 is 8.78 Å². The highest BCUT2D eigenvalue weighted by Crippen LogP contribution is 2.17. The summed E-state index contributed by atoms with van der Waals surface area (Å²) in [5.74, 6) is 0.854. The zero-order chi connectivity index (χ0) is 9.84. The Kier molecular flexibility index (Phi) is 3.28. The van der Waals surface area contributed by atoms with E-state index in [1.165, 1.54) is 12.4 Å². The molecular formula is C9H12F2N2. The molecule has 1 aromatic rings. The maximum absolute atomic E-state index is 12.7. The summed E-state index contributed by atoms with van der Waals surface area (Å²) in [6, 6.07) is 0. The van der Waals surface area contributed by atoms with Crippen molar-refractivity contribution in [2.75, 3.05) is 6.67 Å². The van der Waals surface area contributed by atoms with Crippen LogP contribution in [-0.4, -0.2) is 16.6 Å². The number of nitrogens with zero attached hydrogens (tertiary/aromatic N) is 2. The lowest BCUT2D eigenvalue weighted by Crippen LogP contribution is -2.01. The van der Waals surface area contributed by atoms with Crippen molar-refractivity contribution in [2.45, 2.75) is 25.9 Å². The summed E-state index contributed by atoms with van der Waals surface area (Å²) in [7, 11) is 0. The highest BCUT2D eigenvalue weighted by Gasteiger charge is 2.10. The number of hydrogen-bond acceptors (Lipinski definition) is 2. The fraction of sp³-hybridized carbons (Fsp3) is 0.556. The van der Waals surface area contributed by atoms with Gasteiger partial charge in [0.05, 0.1) is 0 Å². The van der Waals surface area contributed by atoms with Crippen molar-refractivity contribution in [1.29, 1.82) is 0 Å². The first-order valence-corrected chi connectivity index (χ1v) is 4.17. The van der Waals surface area contributed by atoms with Gasteiger partial charge < -0.3 is 0 Å². The van der Waals surface area contributed by atoms with Crippen molar-refractivity contribution in [3.63, 3.8) is 0 Å². The summed E-state index contributed by atoms with van der Waals surface area (Å²) in [6.45, 7) is 2.86. The fourth-order valence-electron chi connectivity index (χ4n) is 0.897. The topological polar surface area (TPSA) is 25.8 Å². The summed E-state index contributed by atoms with van der Waals surface area (Å²) in [5.41, 5.74) is 0.201. The second-order valence-corrected chi connectivity index (χ2v) is 3.15. The van der Waals surface area contributed by atoms with Crippen LogP contribution in [0.2, 0.25) is 0 Å². The molecule has 0 saturated carbocycles. The summed E-state index contributed by atoms with van der Waals surface area (Å²) in [4.78, 5) is 7.86. The molecule has 0 fully saturated rings. The van der Waals surface area contributed by atoms with Gasteiger partial charge in [0.2, 0.25) is 0 Å². The maximum atomic E-state index is 12.7. The third kappa shape index (κ3) is 2.44. The van der Waals surface area contributed by atoms with Crippen LogP contribution in [0.3, 0.4) is 0 Å². The van der Waals surface area contributed by atoms with E-state index in [2.05, 4.69) is 9.97 Å². The summed E-state index contributed by atoms with van der Waals surface area (Å²) < 4.78 is 24.6. The van der Waals surface area contributed by atoms with Gasteiger partial charge in [0, 0.05) is 23.9 Å². The Morgan fingerprint density at radius 1 is 1.31 bits per heavy atom. The standard InChI is InChI=1S/C9H12F2N2/c1-6(2)9-12-4-7(5-13-9)8(11)3-10/h4-6,8H,3H2,1-2H3. The SMILES string of the molecule is CC(C)c1ncc(C(F)CF)cn1. The number of alkyl halides is 2. The molecule has 0 bridgehead atoms. The minimum Gasteiger partial charge on any atom is -0.248 e. The van der Waals surface area contributed by atoms with Gasteiger partial charge >= 0.3 is 0 Å². The van der Waals surface area contributed by atoms with Gasteiger partial charge in [-0.25, -0.2) is 18.7 Å². The molecule has 0 aliphatic rings. The molecule has 72 valence electrons. The van der Waals surface area contributed by atoms with E-state index in [0.29, 0.717) is 5.82 Å². The smallest absolute Gasteiger partial charge is 0.156 e. The Morgan fingerprint density at radius 2 is 1.85 bits per heavy atom. The lowest BCUT2D eigenvalue weighted by atomic mass is 10.2. The van der Waals surface area contributed by atoms with E-state index in [4.69, 9.17) is 0 Å². The predicted molar refractivity (Wildman–Crippen MR) is 45.9 cm³/mol. The van der Waals surface area contributed by atoms with Crippen LogP contribution < -0.4 is 0 Å². The Bertz CT molecular complexity index is 259. The van der Waals surface area contributed by atoms with Crippen molar-refractivity contribution in [3.8, 4) is 0 Å². The highest BCUT2D eigenvalue weighted by atomic mass is 19.2. The molecule has 0 aliphatic carbocycles. The van der Waals surface area contributed by atoms with E-state index in [9.17, 15) is 8.78 Å². The van der Waals surface area contributed by atoms with Crippen LogP contribution in [0.25, 0.3) is 0 Å². The van der Waals surface area contributed by atoms with Gasteiger partial charge in [-0.3, -0.25) is 0 Å². The maximum Gasteiger partial charge on any atom is 0.156 e. The monoisotopic (exact) mass is 186 g/mol. The van der Waals surface area contributed by atoms with Crippen LogP contribution >= 0.6 is 0 Å². The van der Waals surface area contributed by atoms with Gasteiger partial charge in [-0.05, 0) is 0 Å². The molecule has 1 atom stereocenters. The summed E-state index contributed by atoms with van der Waals surface area (Å²) in [6.07, 6.45) is 1.08. The minimum absolute atomic E-state index is 0.201. The Morgan fingerprint density at radius 3 is 2.23 bits per heavy atom. The largest absolute Gasteiger partial charge is 0.248 e. The molecule has 1 aromatic heterocycles. The molecule has 4 heteroatoms. The summed E-state index contributed by atoms with van der Waals surface area (Å²) in [5, 5.41) is 0. The molecule has 1 heterocycles. The molecule has 13 heavy (non-hydrogen) atoms. The first-order chi connectivity index (χ1) is 6.15. The molecule has 0 spiro atoms. The number of rotatable bonds is 3. The lowest BCUT2D eigenvalue weighted by molar-refractivity contribution is 0.265. The lowest BCUT2D eigenvalue weighted by Gasteiger charge is -2.05. The van der Waals surface area contributed by atoms with Crippen molar-refractivity contribution >= 4 is 0 Å². The van der Waals surface area contributed by atoms with Crippen LogP contribution in [-0.2, 0) is 0 Å². The Labute approximate surface area is 76.0 Å². The van der Waals surface area contributed by atoms with Crippen LogP contribution in [0.1, 0.15) is 37.3 Å². The first-order valence-electron chi connectivity index (χ1n) is 4.17. The molecule has 0 amide bonds. The van der Waals surface area contributed by atoms with Crippen molar-refractivity contribution in [2.24, 2.45) is 0 Å². The number of aromatic nitrogens is 2. The molecule has 1 unspecified atom stereocenters. The average molecular weight is 186 g/mol. The fourth-order valence-corrected chi connectivity index (χ4v) is 0.897. The molecule has 0 N–H and O–H groups in total. The van der Waals surface area contributed by atoms with Gasteiger partial charge in [0.1, 0.15) is 12.5 Å².